The van der Waals surface area contributed by atoms with Crippen LogP contribution in [0.4, 0.5) is 0 Å². The maximum atomic E-state index is 14.2. The van der Waals surface area contributed by atoms with E-state index in [0.29, 0.717) is 5.56 Å². The minimum atomic E-state index is -4.22. The Morgan fingerprint density at radius 3 is 1.55 bits per heavy atom. The van der Waals surface area contributed by atoms with E-state index < -0.39 is 19.8 Å². The van der Waals surface area contributed by atoms with Crippen molar-refractivity contribution in [1.82, 2.24) is 5.32 Å². The maximum Gasteiger partial charge on any atom is 0.530 e. The van der Waals surface area contributed by atoms with Crippen LogP contribution in [0.1, 0.15) is 34.7 Å². The zero-order valence-electron chi connectivity index (χ0n) is 27.1. The second-order valence-electron chi connectivity index (χ2n) is 11.2. The average Bonchev–Trinajstić information content (AvgIpc) is 3.13. The van der Waals surface area contributed by atoms with Gasteiger partial charge < -0.3 is 19.3 Å². The largest absolute Gasteiger partial charge is 0.530 e. The van der Waals surface area contributed by atoms with E-state index in [2.05, 4.69) is 5.32 Å². The molecule has 0 aliphatic carbocycles. The number of benzene rings is 5. The van der Waals surface area contributed by atoms with Crippen molar-refractivity contribution in [3.8, 4) is 11.5 Å². The number of hydrogen-bond donors (Lipinski definition) is 1. The van der Waals surface area contributed by atoms with Crippen LogP contribution in [-0.2, 0) is 60.8 Å². The molecular weight excluding hydrogens is 641 g/mol. The van der Waals surface area contributed by atoms with Crippen LogP contribution in [0.3, 0.4) is 0 Å². The van der Waals surface area contributed by atoms with Gasteiger partial charge >= 0.3 is 13.8 Å². The number of hydrogen-bond acceptors (Lipinski definition) is 8. The summed E-state index contributed by atoms with van der Waals surface area (Å²) in [4.78, 5) is 25.2. The molecule has 0 saturated carbocycles. The predicted molar refractivity (Wildman–Crippen MR) is 185 cm³/mol. The highest BCUT2D eigenvalue weighted by molar-refractivity contribution is 7.48. The van der Waals surface area contributed by atoms with Gasteiger partial charge in [0.1, 0.15) is 19.3 Å². The smallest absolute Gasteiger partial charge is 0.485 e. The molecule has 0 unspecified atom stereocenters. The maximum absolute atomic E-state index is 14.2. The van der Waals surface area contributed by atoms with Crippen LogP contribution in [0.5, 0.6) is 11.5 Å². The number of phosphoric ester groups is 1. The Morgan fingerprint density at radius 1 is 0.592 bits per heavy atom. The van der Waals surface area contributed by atoms with Crippen molar-refractivity contribution in [2.75, 3.05) is 0 Å². The molecule has 10 heteroatoms. The van der Waals surface area contributed by atoms with Gasteiger partial charge in [0.15, 0.2) is 11.5 Å². The summed E-state index contributed by atoms with van der Waals surface area (Å²) in [5.74, 6) is -0.604. The molecule has 0 aromatic heterocycles. The lowest BCUT2D eigenvalue weighted by Crippen LogP contribution is -2.42. The molecule has 1 amide bonds. The van der Waals surface area contributed by atoms with Gasteiger partial charge in [-0.05, 0) is 39.9 Å². The first-order valence-corrected chi connectivity index (χ1v) is 17.3. The highest BCUT2D eigenvalue weighted by atomic mass is 31.2. The van der Waals surface area contributed by atoms with E-state index in [1.54, 1.807) is 18.2 Å². The summed E-state index contributed by atoms with van der Waals surface area (Å²) in [7, 11) is -4.22. The van der Waals surface area contributed by atoms with Gasteiger partial charge in [0.05, 0.1) is 13.2 Å². The molecule has 9 nitrogen and oxygen atoms in total. The molecule has 0 spiro atoms. The van der Waals surface area contributed by atoms with Crippen LogP contribution >= 0.6 is 7.82 Å². The Balaban J connectivity index is 1.39. The monoisotopic (exact) mass is 679 g/mol. The lowest BCUT2D eigenvalue weighted by Gasteiger charge is -2.22. The Bertz CT molecular complexity index is 1770. The minimum Gasteiger partial charge on any atom is -0.485 e. The first kappa shape index (κ1) is 35.1. The number of amides is 1. The number of carbonyl (C=O) groups excluding carboxylic acids is 2. The van der Waals surface area contributed by atoms with Crippen LogP contribution in [0.2, 0.25) is 0 Å². The molecule has 0 heterocycles. The Kier molecular flexibility index (Phi) is 12.8. The molecule has 0 bridgehead atoms. The molecule has 0 aliphatic heterocycles. The second kappa shape index (κ2) is 17.8. The zero-order valence-corrected chi connectivity index (χ0v) is 28.0. The number of carbonyl (C=O) groups is 2. The van der Waals surface area contributed by atoms with Crippen molar-refractivity contribution < 1.29 is 37.2 Å². The lowest BCUT2D eigenvalue weighted by molar-refractivity contribution is -0.149. The third-order valence-electron chi connectivity index (χ3n) is 7.25. The Morgan fingerprint density at radius 2 is 1.06 bits per heavy atom. The number of nitrogens with one attached hydrogen (secondary N) is 1. The number of rotatable bonds is 17. The fourth-order valence-electron chi connectivity index (χ4n) is 4.77. The van der Waals surface area contributed by atoms with Gasteiger partial charge in [-0.1, -0.05) is 127 Å². The second-order valence-corrected chi connectivity index (χ2v) is 12.8. The Hall–Kier alpha value is -5.21. The Labute approximate surface area is 286 Å². The summed E-state index contributed by atoms with van der Waals surface area (Å²) in [6.07, 6.45) is 0.0991. The van der Waals surface area contributed by atoms with Gasteiger partial charge in [-0.3, -0.25) is 13.8 Å². The first-order valence-electron chi connectivity index (χ1n) is 15.8. The summed E-state index contributed by atoms with van der Waals surface area (Å²) in [5, 5.41) is 2.69. The first-order chi connectivity index (χ1) is 23.8. The molecule has 1 atom stereocenters. The van der Waals surface area contributed by atoms with Crippen LogP contribution in [-0.4, -0.2) is 17.9 Å². The molecular formula is C39H38NO8P. The minimum absolute atomic E-state index is 0.0192. The molecule has 5 rings (SSSR count). The standard InChI is InChI=1S/C39H38NO8P/c1-30(41)40-36(39(42)45-27-32-16-8-3-9-17-32)24-35-22-23-37(38(25-35)44-26-31-14-6-2-7-15-31)48-49(43,46-28-33-18-10-4-11-19-33)47-29-34-20-12-5-13-21-34/h2-23,25,36H,24,26-29H2,1H3,(H,40,41)/t36-/m0/s1. The summed E-state index contributed by atoms with van der Waals surface area (Å²) < 4.78 is 43.7. The topological polar surface area (TPSA) is 109 Å². The van der Waals surface area contributed by atoms with Crippen LogP contribution < -0.4 is 14.6 Å². The average molecular weight is 680 g/mol. The van der Waals surface area contributed by atoms with E-state index in [9.17, 15) is 14.2 Å². The fourth-order valence-corrected chi connectivity index (χ4v) is 5.96. The van der Waals surface area contributed by atoms with E-state index in [-0.39, 0.29) is 50.3 Å². The number of ether oxygens (including phenoxy) is 2. The van der Waals surface area contributed by atoms with E-state index in [1.807, 2.05) is 121 Å². The third kappa shape index (κ3) is 11.5. The molecule has 1 N–H and O–H groups in total. The molecule has 49 heavy (non-hydrogen) atoms. The van der Waals surface area contributed by atoms with Crippen molar-refractivity contribution in [3.63, 3.8) is 0 Å². The van der Waals surface area contributed by atoms with Gasteiger partial charge in [0.2, 0.25) is 5.91 Å². The molecule has 5 aromatic rings. The van der Waals surface area contributed by atoms with Crippen LogP contribution in [0.15, 0.2) is 140 Å². The quantitative estimate of drug-likeness (QED) is 0.0779. The third-order valence-corrected chi connectivity index (χ3v) is 8.56. The van der Waals surface area contributed by atoms with Gasteiger partial charge in [-0.15, -0.1) is 0 Å². The molecule has 252 valence electrons. The molecule has 0 radical (unpaired) electrons. The van der Waals surface area contributed by atoms with Gasteiger partial charge in [0, 0.05) is 13.3 Å². The molecule has 0 saturated heterocycles. The molecule has 0 aliphatic rings. The van der Waals surface area contributed by atoms with Gasteiger partial charge in [0.25, 0.3) is 0 Å². The van der Waals surface area contributed by atoms with Crippen LogP contribution in [0.25, 0.3) is 0 Å². The lowest BCUT2D eigenvalue weighted by atomic mass is 10.0. The normalized spacial score (nSPS) is 11.7. The van der Waals surface area contributed by atoms with Crippen molar-refractivity contribution in [1.29, 1.82) is 0 Å². The predicted octanol–water partition coefficient (Wildman–Crippen LogP) is 7.98. The van der Waals surface area contributed by atoms with Gasteiger partial charge in [-0.25, -0.2) is 9.36 Å². The van der Waals surface area contributed by atoms with E-state index >= 15 is 0 Å². The summed E-state index contributed by atoms with van der Waals surface area (Å²) >= 11 is 0. The highest BCUT2D eigenvalue weighted by Crippen LogP contribution is 2.53. The van der Waals surface area contributed by atoms with Gasteiger partial charge in [-0.2, -0.15) is 0 Å². The number of esters is 1. The van der Waals surface area contributed by atoms with E-state index in [1.165, 1.54) is 6.92 Å². The SMILES string of the molecule is CC(=O)N[C@@H](Cc1ccc(OP(=O)(OCc2ccccc2)OCc2ccccc2)c(OCc2ccccc2)c1)C(=O)OCc1ccccc1. The summed E-state index contributed by atoms with van der Waals surface area (Å²) in [6, 6.07) is 41.4. The van der Waals surface area contributed by atoms with Crippen molar-refractivity contribution >= 4 is 19.7 Å². The van der Waals surface area contributed by atoms with Crippen molar-refractivity contribution in [2.24, 2.45) is 0 Å². The summed E-state index contributed by atoms with van der Waals surface area (Å²) in [6.45, 7) is 1.54. The number of phosphoric acid groups is 1. The van der Waals surface area contributed by atoms with Crippen molar-refractivity contribution in [2.45, 2.75) is 45.8 Å². The van der Waals surface area contributed by atoms with Crippen LogP contribution in [0, 0.1) is 0 Å². The summed E-state index contributed by atoms with van der Waals surface area (Å²) in [5.41, 5.74) is 3.92. The van der Waals surface area contributed by atoms with E-state index in [0.717, 1.165) is 22.3 Å². The fraction of sp³-hybridized carbons (Fsp3) is 0.179. The zero-order chi connectivity index (χ0) is 34.3. The highest BCUT2D eigenvalue weighted by Gasteiger charge is 2.31. The molecule has 0 fully saturated rings. The van der Waals surface area contributed by atoms with Crippen molar-refractivity contribution in [3.05, 3.63) is 167 Å². The molecule has 5 aromatic carbocycles. The van der Waals surface area contributed by atoms with E-state index in [4.69, 9.17) is 23.0 Å².